The van der Waals surface area contributed by atoms with E-state index in [1.165, 1.54) is 7.11 Å². The molecule has 1 aromatic carbocycles. The number of carboxylic acids is 1. The molecule has 1 rings (SSSR count). The third-order valence-corrected chi connectivity index (χ3v) is 2.46. The van der Waals surface area contributed by atoms with Gasteiger partial charge in [0.1, 0.15) is 23.0 Å². The van der Waals surface area contributed by atoms with Crippen LogP contribution in [0.1, 0.15) is 16.8 Å². The highest BCUT2D eigenvalue weighted by Crippen LogP contribution is 2.14. The molecule has 2 N–H and O–H groups in total. The number of halogens is 3. The van der Waals surface area contributed by atoms with Crippen molar-refractivity contribution in [3.05, 3.63) is 35.1 Å². The molecule has 0 aliphatic carbocycles. The van der Waals surface area contributed by atoms with E-state index in [1.807, 2.05) is 0 Å². The molecule has 0 heterocycles. The van der Waals surface area contributed by atoms with Gasteiger partial charge >= 0.3 is 5.97 Å². The molecule has 0 aliphatic heterocycles. The molecule has 0 bridgehead atoms. The van der Waals surface area contributed by atoms with E-state index in [9.17, 15) is 22.8 Å². The molecule has 0 fully saturated rings. The van der Waals surface area contributed by atoms with Crippen LogP contribution >= 0.6 is 0 Å². The maximum atomic E-state index is 13.3. The zero-order valence-electron chi connectivity index (χ0n) is 10.5. The molecule has 1 amide bonds. The summed E-state index contributed by atoms with van der Waals surface area (Å²) >= 11 is 0. The van der Waals surface area contributed by atoms with Crippen LogP contribution in [0.3, 0.4) is 0 Å². The lowest BCUT2D eigenvalue weighted by Crippen LogP contribution is -2.35. The van der Waals surface area contributed by atoms with Gasteiger partial charge in [-0.1, -0.05) is 0 Å². The van der Waals surface area contributed by atoms with Crippen LogP contribution in [0.4, 0.5) is 13.2 Å². The Morgan fingerprint density at radius 1 is 1.30 bits per heavy atom. The van der Waals surface area contributed by atoms with Gasteiger partial charge in [-0.2, -0.15) is 0 Å². The molecule has 1 atom stereocenters. The number of nitrogens with one attached hydrogen (secondary N) is 1. The largest absolute Gasteiger partial charge is 0.481 e. The Balaban J connectivity index is 2.74. The van der Waals surface area contributed by atoms with E-state index in [1.54, 1.807) is 0 Å². The number of amides is 1. The van der Waals surface area contributed by atoms with Crippen LogP contribution < -0.4 is 5.32 Å². The first-order valence-electron chi connectivity index (χ1n) is 5.52. The second-order valence-electron chi connectivity index (χ2n) is 3.91. The molecule has 0 spiro atoms. The van der Waals surface area contributed by atoms with E-state index in [2.05, 4.69) is 5.32 Å². The van der Waals surface area contributed by atoms with Crippen LogP contribution in [0.2, 0.25) is 0 Å². The number of ether oxygens (including phenoxy) is 1. The van der Waals surface area contributed by atoms with Crippen molar-refractivity contribution in [1.29, 1.82) is 0 Å². The highest BCUT2D eigenvalue weighted by molar-refractivity contribution is 5.94. The molecule has 8 heteroatoms. The van der Waals surface area contributed by atoms with E-state index >= 15 is 0 Å². The van der Waals surface area contributed by atoms with Crippen LogP contribution in [0.5, 0.6) is 0 Å². The predicted octanol–water partition coefficient (Wildman–Crippen LogP) is 1.32. The summed E-state index contributed by atoms with van der Waals surface area (Å²) in [6, 6.07) is 0.756. The van der Waals surface area contributed by atoms with Gasteiger partial charge in [0.05, 0.1) is 12.5 Å². The SMILES string of the molecule is COC(CNC(=O)c1c(F)cc(F)cc1F)CC(=O)O. The van der Waals surface area contributed by atoms with Crippen molar-refractivity contribution in [2.24, 2.45) is 0 Å². The summed E-state index contributed by atoms with van der Waals surface area (Å²) < 4.78 is 44.1. The number of methoxy groups -OCH3 is 1. The number of rotatable bonds is 6. The van der Waals surface area contributed by atoms with Crippen LogP contribution in [-0.2, 0) is 9.53 Å². The van der Waals surface area contributed by atoms with Crippen molar-refractivity contribution in [1.82, 2.24) is 5.32 Å². The number of hydrogen-bond acceptors (Lipinski definition) is 3. The molecular weight excluding hydrogens is 279 g/mol. The maximum absolute atomic E-state index is 13.3. The Labute approximate surface area is 112 Å². The fourth-order valence-electron chi connectivity index (χ4n) is 1.49. The average Bonchev–Trinajstić information content (AvgIpc) is 2.32. The molecule has 0 saturated heterocycles. The summed E-state index contributed by atoms with van der Waals surface area (Å²) in [5.41, 5.74) is -0.934. The van der Waals surface area contributed by atoms with Crippen molar-refractivity contribution in [3.8, 4) is 0 Å². The summed E-state index contributed by atoms with van der Waals surface area (Å²) in [5.74, 6) is -6.09. The molecule has 0 aliphatic rings. The lowest BCUT2D eigenvalue weighted by atomic mass is 10.1. The third kappa shape index (κ3) is 4.23. The third-order valence-electron chi connectivity index (χ3n) is 2.46. The second kappa shape index (κ2) is 6.90. The quantitative estimate of drug-likeness (QED) is 0.829. The van der Waals surface area contributed by atoms with Crippen molar-refractivity contribution in [2.45, 2.75) is 12.5 Å². The highest BCUT2D eigenvalue weighted by Gasteiger charge is 2.20. The molecular formula is C12H12F3NO4. The van der Waals surface area contributed by atoms with Crippen LogP contribution in [0, 0.1) is 17.5 Å². The monoisotopic (exact) mass is 291 g/mol. The van der Waals surface area contributed by atoms with Crippen molar-refractivity contribution in [2.75, 3.05) is 13.7 Å². The van der Waals surface area contributed by atoms with Crippen LogP contribution in [-0.4, -0.2) is 36.7 Å². The van der Waals surface area contributed by atoms with Gasteiger partial charge in [-0.15, -0.1) is 0 Å². The van der Waals surface area contributed by atoms with Crippen molar-refractivity contribution in [3.63, 3.8) is 0 Å². The Morgan fingerprint density at radius 3 is 2.30 bits per heavy atom. The minimum absolute atomic E-state index is 0.252. The lowest BCUT2D eigenvalue weighted by Gasteiger charge is -2.14. The summed E-state index contributed by atoms with van der Waals surface area (Å²) in [6.45, 7) is -0.252. The Morgan fingerprint density at radius 2 is 1.85 bits per heavy atom. The molecule has 110 valence electrons. The van der Waals surface area contributed by atoms with Gasteiger partial charge in [-0.05, 0) is 0 Å². The topological polar surface area (TPSA) is 75.6 Å². The first-order chi connectivity index (χ1) is 9.35. The van der Waals surface area contributed by atoms with Gasteiger partial charge in [0.2, 0.25) is 0 Å². The number of aliphatic carboxylic acids is 1. The fourth-order valence-corrected chi connectivity index (χ4v) is 1.49. The van der Waals surface area contributed by atoms with Crippen molar-refractivity contribution < 1.29 is 32.6 Å². The zero-order chi connectivity index (χ0) is 15.3. The minimum atomic E-state index is -1.34. The van der Waals surface area contributed by atoms with Gasteiger partial charge < -0.3 is 15.2 Å². The number of hydrogen-bond donors (Lipinski definition) is 2. The van der Waals surface area contributed by atoms with E-state index in [0.717, 1.165) is 0 Å². The minimum Gasteiger partial charge on any atom is -0.481 e. The molecule has 0 saturated carbocycles. The molecule has 1 aromatic rings. The number of carbonyl (C=O) groups is 2. The van der Waals surface area contributed by atoms with Gasteiger partial charge in [0.15, 0.2) is 0 Å². The van der Waals surface area contributed by atoms with Gasteiger partial charge in [-0.3, -0.25) is 9.59 Å². The van der Waals surface area contributed by atoms with Gasteiger partial charge in [0.25, 0.3) is 5.91 Å². The summed E-state index contributed by atoms with van der Waals surface area (Å²) in [6.07, 6.45) is -1.23. The maximum Gasteiger partial charge on any atom is 0.306 e. The van der Waals surface area contributed by atoms with E-state index in [4.69, 9.17) is 9.84 Å². The summed E-state index contributed by atoms with van der Waals surface area (Å²) in [7, 11) is 1.23. The summed E-state index contributed by atoms with van der Waals surface area (Å²) in [5, 5.41) is 10.7. The van der Waals surface area contributed by atoms with E-state index < -0.39 is 41.0 Å². The Hall–Kier alpha value is -2.09. The number of carbonyl (C=O) groups excluding carboxylic acids is 1. The molecule has 20 heavy (non-hydrogen) atoms. The highest BCUT2D eigenvalue weighted by atomic mass is 19.1. The predicted molar refractivity (Wildman–Crippen MR) is 61.7 cm³/mol. The number of benzene rings is 1. The lowest BCUT2D eigenvalue weighted by molar-refractivity contribution is -0.139. The normalized spacial score (nSPS) is 12.0. The first kappa shape index (κ1) is 16.0. The Bertz CT molecular complexity index is 498. The standard InChI is InChI=1S/C12H12F3NO4/c1-20-7(4-10(17)18)5-16-12(19)11-8(14)2-6(13)3-9(11)15/h2-3,7H,4-5H2,1H3,(H,16,19)(H,17,18). The molecule has 0 radical (unpaired) electrons. The fraction of sp³-hybridized carbons (Fsp3) is 0.333. The zero-order valence-corrected chi connectivity index (χ0v) is 10.5. The molecule has 1 unspecified atom stereocenters. The van der Waals surface area contributed by atoms with Crippen molar-refractivity contribution >= 4 is 11.9 Å². The van der Waals surface area contributed by atoms with Crippen LogP contribution in [0.25, 0.3) is 0 Å². The second-order valence-corrected chi connectivity index (χ2v) is 3.91. The Kier molecular flexibility index (Phi) is 5.51. The first-order valence-corrected chi connectivity index (χ1v) is 5.52. The van der Waals surface area contributed by atoms with Gasteiger partial charge in [0, 0.05) is 25.8 Å². The molecule has 5 nitrogen and oxygen atoms in total. The van der Waals surface area contributed by atoms with Gasteiger partial charge in [-0.25, -0.2) is 13.2 Å². The van der Waals surface area contributed by atoms with E-state index in [0.29, 0.717) is 12.1 Å². The average molecular weight is 291 g/mol. The molecule has 0 aromatic heterocycles. The summed E-state index contributed by atoms with van der Waals surface area (Å²) in [4.78, 5) is 22.1. The number of carboxylic acid groups (broad SMARTS) is 1. The van der Waals surface area contributed by atoms with E-state index in [-0.39, 0.29) is 13.0 Å². The van der Waals surface area contributed by atoms with Crippen LogP contribution in [0.15, 0.2) is 12.1 Å². The smallest absolute Gasteiger partial charge is 0.306 e.